The Morgan fingerprint density at radius 2 is 2.46 bits per heavy atom. The highest BCUT2D eigenvalue weighted by Gasteiger charge is 2.05. The maximum Gasteiger partial charge on any atom is 0.170 e. The molecule has 1 aromatic rings. The molecule has 0 aliphatic rings. The topological polar surface area (TPSA) is 72.0 Å². The van der Waals surface area contributed by atoms with Gasteiger partial charge in [0.1, 0.15) is 5.82 Å². The molecule has 1 heterocycles. The summed E-state index contributed by atoms with van der Waals surface area (Å²) in [5.41, 5.74) is 5.71. The minimum atomic E-state index is 0.0409. The van der Waals surface area contributed by atoms with E-state index in [2.05, 4.69) is 9.36 Å². The Kier molecular flexibility index (Phi) is 4.65. The van der Waals surface area contributed by atoms with Gasteiger partial charge >= 0.3 is 0 Å². The predicted octanol–water partition coefficient (Wildman–Crippen LogP) is 0.648. The number of aliphatic hydroxyl groups excluding tert-OH is 1. The molecule has 0 bridgehead atoms. The molecule has 0 fully saturated rings. The molecule has 0 amide bonds. The van der Waals surface area contributed by atoms with Gasteiger partial charge in [-0.3, -0.25) is 0 Å². The first-order chi connectivity index (χ1) is 6.22. The van der Waals surface area contributed by atoms with E-state index in [-0.39, 0.29) is 12.6 Å². The highest BCUT2D eigenvalue weighted by molar-refractivity contribution is 8.00. The van der Waals surface area contributed by atoms with Gasteiger partial charge in [0.15, 0.2) is 4.34 Å². The predicted molar refractivity (Wildman–Crippen MR) is 55.0 cm³/mol. The van der Waals surface area contributed by atoms with Gasteiger partial charge in [-0.05, 0) is 24.9 Å². The number of nitrogens with zero attached hydrogens (tertiary/aromatic N) is 2. The molecular formula is C7H13N3OS2. The van der Waals surface area contributed by atoms with Crippen LogP contribution >= 0.6 is 23.3 Å². The van der Waals surface area contributed by atoms with Crippen LogP contribution in [0.15, 0.2) is 4.34 Å². The molecule has 4 nitrogen and oxygen atoms in total. The fourth-order valence-corrected chi connectivity index (χ4v) is 2.43. The number of aryl methyl sites for hydroxylation is 1. The van der Waals surface area contributed by atoms with E-state index < -0.39 is 0 Å². The van der Waals surface area contributed by atoms with Gasteiger partial charge in [-0.1, -0.05) is 11.8 Å². The minimum Gasteiger partial charge on any atom is -0.396 e. The molecule has 6 heteroatoms. The Bertz CT molecular complexity index is 254. The molecule has 1 aromatic heterocycles. The standard InChI is InChI=1S/C7H13N3OS2/c1-5-9-7(13-10-5)12-4-6(8)2-3-11/h6,11H,2-4,8H2,1H3. The van der Waals surface area contributed by atoms with E-state index in [1.165, 1.54) is 11.5 Å². The summed E-state index contributed by atoms with van der Waals surface area (Å²) in [5.74, 6) is 1.60. The first-order valence-corrected chi connectivity index (χ1v) is 5.78. The Labute approximate surface area is 85.7 Å². The van der Waals surface area contributed by atoms with Crippen molar-refractivity contribution in [3.63, 3.8) is 0 Å². The second kappa shape index (κ2) is 5.54. The zero-order valence-electron chi connectivity index (χ0n) is 7.43. The van der Waals surface area contributed by atoms with Gasteiger partial charge < -0.3 is 10.8 Å². The lowest BCUT2D eigenvalue weighted by molar-refractivity contribution is 0.279. The number of aromatic nitrogens is 2. The number of thioether (sulfide) groups is 1. The molecule has 1 atom stereocenters. The first kappa shape index (κ1) is 10.9. The van der Waals surface area contributed by atoms with Gasteiger partial charge in [0.2, 0.25) is 0 Å². The van der Waals surface area contributed by atoms with Crippen LogP contribution in [0.1, 0.15) is 12.2 Å². The molecule has 1 rings (SSSR count). The lowest BCUT2D eigenvalue weighted by Crippen LogP contribution is -2.23. The molecule has 0 aliphatic carbocycles. The van der Waals surface area contributed by atoms with E-state index in [0.29, 0.717) is 6.42 Å². The van der Waals surface area contributed by atoms with Crippen molar-refractivity contribution in [1.82, 2.24) is 9.36 Å². The Balaban J connectivity index is 2.26. The summed E-state index contributed by atoms with van der Waals surface area (Å²) in [4.78, 5) is 4.20. The number of rotatable bonds is 5. The second-order valence-corrected chi connectivity index (χ2v) is 4.71. The molecule has 0 saturated carbocycles. The Hall–Kier alpha value is -0.170. The van der Waals surface area contributed by atoms with Crippen LogP contribution in [0.25, 0.3) is 0 Å². The van der Waals surface area contributed by atoms with Crippen molar-refractivity contribution in [1.29, 1.82) is 0 Å². The number of aliphatic hydroxyl groups is 1. The van der Waals surface area contributed by atoms with Crippen LogP contribution in [0.2, 0.25) is 0 Å². The van der Waals surface area contributed by atoms with Crippen molar-refractivity contribution >= 4 is 23.3 Å². The fourth-order valence-electron chi connectivity index (χ4n) is 0.764. The van der Waals surface area contributed by atoms with Crippen molar-refractivity contribution in [2.45, 2.75) is 23.7 Å². The first-order valence-electron chi connectivity index (χ1n) is 4.02. The molecule has 0 radical (unpaired) electrons. The van der Waals surface area contributed by atoms with Gasteiger partial charge in [-0.2, -0.15) is 4.37 Å². The van der Waals surface area contributed by atoms with Crippen LogP contribution in [-0.2, 0) is 0 Å². The van der Waals surface area contributed by atoms with E-state index in [1.54, 1.807) is 11.8 Å². The lowest BCUT2D eigenvalue weighted by atomic mass is 10.3. The molecule has 0 spiro atoms. The van der Waals surface area contributed by atoms with Crippen LogP contribution in [0.4, 0.5) is 0 Å². The van der Waals surface area contributed by atoms with E-state index in [4.69, 9.17) is 10.8 Å². The average Bonchev–Trinajstić information content (AvgIpc) is 2.49. The highest BCUT2D eigenvalue weighted by atomic mass is 32.2. The summed E-state index contributed by atoms with van der Waals surface area (Å²) in [6, 6.07) is 0.0409. The van der Waals surface area contributed by atoms with Crippen LogP contribution < -0.4 is 5.73 Å². The number of nitrogens with two attached hydrogens (primary N) is 1. The van der Waals surface area contributed by atoms with Gasteiger partial charge in [-0.25, -0.2) is 4.98 Å². The minimum absolute atomic E-state index is 0.0409. The van der Waals surface area contributed by atoms with E-state index in [0.717, 1.165) is 15.9 Å². The SMILES string of the molecule is Cc1nsc(SCC(N)CCO)n1. The Morgan fingerprint density at radius 3 is 3.00 bits per heavy atom. The third-order valence-electron chi connectivity index (χ3n) is 1.43. The third kappa shape index (κ3) is 4.04. The molecule has 0 aromatic carbocycles. The number of hydrogen-bond acceptors (Lipinski definition) is 6. The smallest absolute Gasteiger partial charge is 0.170 e. The van der Waals surface area contributed by atoms with E-state index in [9.17, 15) is 0 Å². The summed E-state index contributed by atoms with van der Waals surface area (Å²) in [7, 11) is 0. The maximum absolute atomic E-state index is 8.62. The zero-order chi connectivity index (χ0) is 9.68. The summed E-state index contributed by atoms with van der Waals surface area (Å²) < 4.78 is 5.01. The summed E-state index contributed by atoms with van der Waals surface area (Å²) >= 11 is 2.99. The van der Waals surface area contributed by atoms with Gasteiger partial charge in [0, 0.05) is 18.4 Å². The molecule has 3 N–H and O–H groups in total. The summed E-state index contributed by atoms with van der Waals surface area (Å²) in [6.07, 6.45) is 0.644. The highest BCUT2D eigenvalue weighted by Crippen LogP contribution is 2.20. The molecular weight excluding hydrogens is 206 g/mol. The molecule has 1 unspecified atom stereocenters. The maximum atomic E-state index is 8.62. The van der Waals surface area contributed by atoms with E-state index in [1.807, 2.05) is 6.92 Å². The fraction of sp³-hybridized carbons (Fsp3) is 0.714. The van der Waals surface area contributed by atoms with Crippen LogP contribution in [0.3, 0.4) is 0 Å². The van der Waals surface area contributed by atoms with Crippen molar-refractivity contribution < 1.29 is 5.11 Å². The third-order valence-corrected chi connectivity index (χ3v) is 3.54. The molecule has 0 aliphatic heterocycles. The van der Waals surface area contributed by atoms with Crippen molar-refractivity contribution in [3.8, 4) is 0 Å². The monoisotopic (exact) mass is 219 g/mol. The van der Waals surface area contributed by atoms with Gasteiger partial charge in [-0.15, -0.1) is 0 Å². The normalized spacial score (nSPS) is 13.2. The van der Waals surface area contributed by atoms with Crippen molar-refractivity contribution in [3.05, 3.63) is 5.82 Å². The van der Waals surface area contributed by atoms with E-state index >= 15 is 0 Å². The van der Waals surface area contributed by atoms with Crippen LogP contribution in [0.5, 0.6) is 0 Å². The Morgan fingerprint density at radius 1 is 1.69 bits per heavy atom. The van der Waals surface area contributed by atoms with Crippen molar-refractivity contribution in [2.75, 3.05) is 12.4 Å². The van der Waals surface area contributed by atoms with Gasteiger partial charge in [0.25, 0.3) is 0 Å². The lowest BCUT2D eigenvalue weighted by Gasteiger charge is -2.06. The van der Waals surface area contributed by atoms with Crippen LogP contribution in [0, 0.1) is 6.92 Å². The quantitative estimate of drug-likeness (QED) is 0.711. The largest absolute Gasteiger partial charge is 0.396 e. The average molecular weight is 219 g/mol. The molecule has 74 valence electrons. The second-order valence-electron chi connectivity index (χ2n) is 2.69. The number of hydrogen-bond donors (Lipinski definition) is 2. The van der Waals surface area contributed by atoms with Crippen molar-refractivity contribution in [2.24, 2.45) is 5.73 Å². The van der Waals surface area contributed by atoms with Gasteiger partial charge in [0.05, 0.1) is 0 Å². The van der Waals surface area contributed by atoms with Crippen LogP contribution in [-0.4, -0.2) is 32.9 Å². The zero-order valence-corrected chi connectivity index (χ0v) is 9.07. The molecule has 13 heavy (non-hydrogen) atoms. The molecule has 0 saturated heterocycles. The summed E-state index contributed by atoms with van der Waals surface area (Å²) in [5, 5.41) is 8.62. The summed E-state index contributed by atoms with van der Waals surface area (Å²) in [6.45, 7) is 2.02.